The standard InChI is InChI=1S/C27H30Cl2N6O.ClH/c1-16-11-18(6-9-25(16)34-10-4-5-20(34)15-36-3)24-14-31-26-23(13-30)33-35(27(26)32-24)17(2)21-8-7-19(28)12-22(21)29;/h6-8,12,14,16-17,20,25H,4-5,9-11,15H2,1-3H3;1H/t16?,17-,20+,25?;/m1./s1. The zero-order valence-corrected chi connectivity index (χ0v) is 23.5. The maximum Gasteiger partial charge on any atom is 0.190 e. The average molecular weight is 562 g/mol. The number of hydrogen-bond acceptors (Lipinski definition) is 6. The van der Waals surface area contributed by atoms with Crippen LogP contribution in [0.25, 0.3) is 16.7 Å². The fourth-order valence-corrected chi connectivity index (χ4v) is 6.35. The van der Waals surface area contributed by atoms with Gasteiger partial charge in [-0.05, 0) is 68.3 Å². The summed E-state index contributed by atoms with van der Waals surface area (Å²) in [5, 5.41) is 15.3. The number of benzene rings is 1. The first-order valence-corrected chi connectivity index (χ1v) is 13.2. The number of nitrogens with zero attached hydrogens (tertiary/aromatic N) is 6. The zero-order chi connectivity index (χ0) is 25.4. The molecule has 2 unspecified atom stereocenters. The summed E-state index contributed by atoms with van der Waals surface area (Å²) < 4.78 is 7.22. The van der Waals surface area contributed by atoms with Crippen LogP contribution >= 0.6 is 35.6 Å². The number of nitriles is 1. The Morgan fingerprint density at radius 2 is 2.11 bits per heavy atom. The van der Waals surface area contributed by atoms with Gasteiger partial charge >= 0.3 is 0 Å². The van der Waals surface area contributed by atoms with Crippen molar-refractivity contribution >= 4 is 52.3 Å². The molecule has 37 heavy (non-hydrogen) atoms. The summed E-state index contributed by atoms with van der Waals surface area (Å²) in [6.45, 7) is 6.24. The topological polar surface area (TPSA) is 79.9 Å². The van der Waals surface area contributed by atoms with E-state index in [0.717, 1.165) is 37.3 Å². The SMILES string of the molecule is COC[C@@H]1CCCN1C1CC=C(c2cnc3c(C#N)nn([C@H](C)c4ccc(Cl)cc4Cl)c3n2)CC1C.Cl. The number of likely N-dealkylation sites (tertiary alicyclic amines) is 1. The monoisotopic (exact) mass is 560 g/mol. The smallest absolute Gasteiger partial charge is 0.190 e. The Kier molecular flexibility index (Phi) is 8.77. The van der Waals surface area contributed by atoms with Gasteiger partial charge in [-0.25, -0.2) is 14.6 Å². The molecule has 1 aliphatic heterocycles. The van der Waals surface area contributed by atoms with Gasteiger partial charge in [-0.2, -0.15) is 10.4 Å². The summed E-state index contributed by atoms with van der Waals surface area (Å²) in [4.78, 5) is 12.2. The van der Waals surface area contributed by atoms with Crippen molar-refractivity contribution in [2.75, 3.05) is 20.3 Å². The third-order valence-electron chi connectivity index (χ3n) is 7.63. The molecule has 4 atom stereocenters. The average Bonchev–Trinajstić information content (AvgIpc) is 3.48. The van der Waals surface area contributed by atoms with E-state index >= 15 is 0 Å². The molecule has 1 saturated heterocycles. The molecule has 0 saturated carbocycles. The highest BCUT2D eigenvalue weighted by Gasteiger charge is 2.35. The predicted molar refractivity (Wildman–Crippen MR) is 149 cm³/mol. The quantitative estimate of drug-likeness (QED) is 0.350. The molecule has 7 nitrogen and oxygen atoms in total. The lowest BCUT2D eigenvalue weighted by atomic mass is 9.83. The summed E-state index contributed by atoms with van der Waals surface area (Å²) in [5.74, 6) is 0.492. The van der Waals surface area contributed by atoms with Crippen LogP contribution in [-0.2, 0) is 4.74 Å². The minimum absolute atomic E-state index is 0. The number of halogens is 3. The lowest BCUT2D eigenvalue weighted by Gasteiger charge is -2.39. The first kappa shape index (κ1) is 27.8. The van der Waals surface area contributed by atoms with Crippen molar-refractivity contribution in [2.24, 2.45) is 5.92 Å². The fourth-order valence-electron chi connectivity index (χ4n) is 5.78. The van der Waals surface area contributed by atoms with Crippen LogP contribution in [0, 0.1) is 17.2 Å². The van der Waals surface area contributed by atoms with Gasteiger partial charge in [0.1, 0.15) is 11.6 Å². The highest BCUT2D eigenvalue weighted by molar-refractivity contribution is 6.35. The van der Waals surface area contributed by atoms with Crippen LogP contribution < -0.4 is 0 Å². The molecule has 2 aromatic heterocycles. The second kappa shape index (κ2) is 11.7. The van der Waals surface area contributed by atoms with Crippen molar-refractivity contribution in [2.45, 2.75) is 57.7 Å². The Labute approximate surface area is 233 Å². The first-order chi connectivity index (χ1) is 17.4. The van der Waals surface area contributed by atoms with E-state index in [1.807, 2.05) is 13.0 Å². The van der Waals surface area contributed by atoms with Crippen LogP contribution in [0.2, 0.25) is 10.0 Å². The first-order valence-electron chi connectivity index (χ1n) is 12.5. The van der Waals surface area contributed by atoms with E-state index in [4.69, 9.17) is 32.9 Å². The van der Waals surface area contributed by atoms with Crippen molar-refractivity contribution in [3.8, 4) is 6.07 Å². The van der Waals surface area contributed by atoms with Crippen LogP contribution in [-0.4, -0.2) is 57.0 Å². The molecule has 10 heteroatoms. The lowest BCUT2D eigenvalue weighted by molar-refractivity contribution is 0.0696. The molecule has 0 bridgehead atoms. The van der Waals surface area contributed by atoms with Crippen molar-refractivity contribution in [3.05, 3.63) is 57.5 Å². The second-order valence-electron chi connectivity index (χ2n) is 9.88. The number of hydrogen-bond donors (Lipinski definition) is 0. The Morgan fingerprint density at radius 1 is 1.30 bits per heavy atom. The third-order valence-corrected chi connectivity index (χ3v) is 8.19. The summed E-state index contributed by atoms with van der Waals surface area (Å²) >= 11 is 12.6. The number of aromatic nitrogens is 4. The van der Waals surface area contributed by atoms with Gasteiger partial charge in [0.15, 0.2) is 11.3 Å². The largest absolute Gasteiger partial charge is 0.383 e. The summed E-state index contributed by atoms with van der Waals surface area (Å²) in [6.07, 6.45) is 8.44. The van der Waals surface area contributed by atoms with Crippen LogP contribution in [0.5, 0.6) is 0 Å². The molecule has 0 radical (unpaired) electrons. The van der Waals surface area contributed by atoms with Crippen molar-refractivity contribution in [3.63, 3.8) is 0 Å². The molecule has 5 rings (SSSR count). The normalized spacial score (nSPS) is 22.9. The predicted octanol–water partition coefficient (Wildman–Crippen LogP) is 6.33. The summed E-state index contributed by atoms with van der Waals surface area (Å²) in [6, 6.07) is 8.32. The zero-order valence-electron chi connectivity index (χ0n) is 21.2. The van der Waals surface area contributed by atoms with Gasteiger partial charge in [0.05, 0.1) is 24.5 Å². The van der Waals surface area contributed by atoms with E-state index in [0.29, 0.717) is 39.2 Å². The number of ether oxygens (including phenoxy) is 1. The number of fused-ring (bicyclic) bond motifs is 1. The number of allylic oxidation sites excluding steroid dienone is 1. The second-order valence-corrected chi connectivity index (χ2v) is 10.7. The molecular weight excluding hydrogens is 531 g/mol. The van der Waals surface area contributed by atoms with Crippen molar-refractivity contribution in [1.82, 2.24) is 24.6 Å². The lowest BCUT2D eigenvalue weighted by Crippen LogP contribution is -2.45. The van der Waals surface area contributed by atoms with Crippen LogP contribution in [0.3, 0.4) is 0 Å². The Morgan fingerprint density at radius 3 is 2.81 bits per heavy atom. The molecule has 2 aliphatic rings. The number of methoxy groups -OCH3 is 1. The van der Waals surface area contributed by atoms with E-state index in [1.165, 1.54) is 18.4 Å². The summed E-state index contributed by atoms with van der Waals surface area (Å²) in [5.41, 5.74) is 4.22. The van der Waals surface area contributed by atoms with Gasteiger partial charge in [0.2, 0.25) is 0 Å². The van der Waals surface area contributed by atoms with E-state index < -0.39 is 0 Å². The van der Waals surface area contributed by atoms with Gasteiger partial charge < -0.3 is 4.74 Å². The van der Waals surface area contributed by atoms with Crippen molar-refractivity contribution < 1.29 is 4.74 Å². The van der Waals surface area contributed by atoms with Gasteiger partial charge in [0, 0.05) is 29.2 Å². The highest BCUT2D eigenvalue weighted by Crippen LogP contribution is 2.37. The minimum atomic E-state index is -0.250. The van der Waals surface area contributed by atoms with Crippen LogP contribution in [0.15, 0.2) is 30.5 Å². The minimum Gasteiger partial charge on any atom is -0.383 e. The molecule has 0 amide bonds. The maximum absolute atomic E-state index is 9.68. The molecule has 196 valence electrons. The van der Waals surface area contributed by atoms with Crippen molar-refractivity contribution in [1.29, 1.82) is 5.26 Å². The molecule has 1 aromatic carbocycles. The Balaban J connectivity index is 0.00000320. The molecule has 3 aromatic rings. The van der Waals surface area contributed by atoms with Gasteiger partial charge in [-0.3, -0.25) is 4.90 Å². The van der Waals surface area contributed by atoms with E-state index in [1.54, 1.807) is 30.1 Å². The molecule has 0 N–H and O–H groups in total. The Bertz CT molecular complexity index is 1350. The Hall–Kier alpha value is -2.21. The van der Waals surface area contributed by atoms with Gasteiger partial charge in [-0.1, -0.05) is 42.3 Å². The van der Waals surface area contributed by atoms with E-state index in [9.17, 15) is 5.26 Å². The number of rotatable bonds is 6. The van der Waals surface area contributed by atoms with Crippen LogP contribution in [0.4, 0.5) is 0 Å². The highest BCUT2D eigenvalue weighted by atomic mass is 35.5. The maximum atomic E-state index is 9.68. The van der Waals surface area contributed by atoms with Gasteiger partial charge in [-0.15, -0.1) is 12.4 Å². The van der Waals surface area contributed by atoms with E-state index in [2.05, 4.69) is 34.1 Å². The van der Waals surface area contributed by atoms with E-state index in [-0.39, 0.29) is 24.1 Å². The van der Waals surface area contributed by atoms with Crippen LogP contribution in [0.1, 0.15) is 62.5 Å². The van der Waals surface area contributed by atoms with Gasteiger partial charge in [0.25, 0.3) is 0 Å². The fraction of sp³-hybridized carbons (Fsp3) is 0.481. The molecule has 3 heterocycles. The summed E-state index contributed by atoms with van der Waals surface area (Å²) in [7, 11) is 1.79. The molecule has 1 aliphatic carbocycles. The molecular formula is C27H31Cl3N6O. The molecule has 0 spiro atoms. The molecule has 1 fully saturated rings. The third kappa shape index (κ3) is 5.36.